The topological polar surface area (TPSA) is 52.6 Å². The number of carbonyl (C=O) groups is 2. The number of carbonyl (C=O) groups excluding carboxylic acids is 2. The molecule has 3 atom stereocenters. The minimum absolute atomic E-state index is 0.261. The molecule has 1 aliphatic heterocycles. The summed E-state index contributed by atoms with van der Waals surface area (Å²) in [5.41, 5.74) is -2.30. The highest BCUT2D eigenvalue weighted by molar-refractivity contribution is 9.11. The lowest BCUT2D eigenvalue weighted by atomic mass is 9.66. The molecule has 26 heavy (non-hydrogen) atoms. The van der Waals surface area contributed by atoms with Crippen molar-refractivity contribution in [1.29, 1.82) is 0 Å². The largest absolute Gasteiger partial charge is 0.454 e. The Balaban J connectivity index is 1.78. The van der Waals surface area contributed by atoms with Crippen LogP contribution in [-0.4, -0.2) is 23.6 Å². The Morgan fingerprint density at radius 3 is 2.38 bits per heavy atom. The van der Waals surface area contributed by atoms with Gasteiger partial charge in [-0.2, -0.15) is 0 Å². The molecule has 0 aromatic carbocycles. The molecular weight excluding hydrogens is 396 g/mol. The lowest BCUT2D eigenvalue weighted by molar-refractivity contribution is -0.185. The molecule has 0 amide bonds. The fourth-order valence-electron chi connectivity index (χ4n) is 4.73. The van der Waals surface area contributed by atoms with Gasteiger partial charge in [-0.3, -0.25) is 4.79 Å². The molecule has 1 saturated heterocycles. The molecule has 1 heterocycles. The van der Waals surface area contributed by atoms with Crippen molar-refractivity contribution >= 4 is 27.9 Å². The zero-order valence-corrected chi connectivity index (χ0v) is 17.8. The Hall–Kier alpha value is -0.840. The first kappa shape index (κ1) is 19.9. The highest BCUT2D eigenvalue weighted by atomic mass is 79.9. The standard InChI is InChI=1S/C21H31BrO4/c1-19(2)20(3)13-14-21(19,26-17(20)23)18(24)25-16-12-10-8-6-4-5-7-9-11-15(16)22/h11,16H,4-10,12-14H2,1-3H3/t16?,20-,21+/m1/s1. The minimum atomic E-state index is -1.14. The Morgan fingerprint density at radius 1 is 1.12 bits per heavy atom. The van der Waals surface area contributed by atoms with Gasteiger partial charge in [0.05, 0.1) is 5.41 Å². The quantitative estimate of drug-likeness (QED) is 0.552. The number of esters is 2. The molecule has 0 aromatic rings. The molecule has 4 nitrogen and oxygen atoms in total. The van der Waals surface area contributed by atoms with Crippen LogP contribution in [0.3, 0.4) is 0 Å². The summed E-state index contributed by atoms with van der Waals surface area (Å²) in [7, 11) is 0. The van der Waals surface area contributed by atoms with Crippen molar-refractivity contribution < 1.29 is 19.1 Å². The molecule has 2 fully saturated rings. The summed E-state index contributed by atoms with van der Waals surface area (Å²) in [4.78, 5) is 25.6. The van der Waals surface area contributed by atoms with Crippen molar-refractivity contribution in [2.24, 2.45) is 10.8 Å². The smallest absolute Gasteiger partial charge is 0.351 e. The number of halogens is 1. The van der Waals surface area contributed by atoms with E-state index < -0.39 is 16.4 Å². The van der Waals surface area contributed by atoms with Crippen molar-refractivity contribution in [2.75, 3.05) is 0 Å². The van der Waals surface area contributed by atoms with Crippen molar-refractivity contribution in [3.63, 3.8) is 0 Å². The van der Waals surface area contributed by atoms with Gasteiger partial charge in [0.15, 0.2) is 0 Å². The Labute approximate surface area is 165 Å². The van der Waals surface area contributed by atoms with Crippen LogP contribution in [0.2, 0.25) is 0 Å². The van der Waals surface area contributed by atoms with E-state index in [1.54, 1.807) is 0 Å². The van der Waals surface area contributed by atoms with Gasteiger partial charge in [0, 0.05) is 9.90 Å². The van der Waals surface area contributed by atoms with E-state index in [0.29, 0.717) is 12.8 Å². The van der Waals surface area contributed by atoms with E-state index in [1.165, 1.54) is 25.7 Å². The van der Waals surface area contributed by atoms with Crippen LogP contribution >= 0.6 is 15.9 Å². The number of rotatable bonds is 2. The van der Waals surface area contributed by atoms with Crippen LogP contribution < -0.4 is 0 Å². The molecule has 2 aliphatic carbocycles. The molecule has 0 aromatic heterocycles. The van der Waals surface area contributed by atoms with Gasteiger partial charge >= 0.3 is 11.9 Å². The minimum Gasteiger partial charge on any atom is -0.454 e. The maximum Gasteiger partial charge on any atom is 0.351 e. The zero-order valence-electron chi connectivity index (χ0n) is 16.2. The SMILES string of the molecule is CC1(C)[C@@]2(C(=O)OC3CCCCCCCCC=C3Br)CC[C@]1(C)C(=O)O2. The number of hydrogen-bond acceptors (Lipinski definition) is 4. The summed E-state index contributed by atoms with van der Waals surface area (Å²) in [5, 5.41) is 0. The van der Waals surface area contributed by atoms with Crippen LogP contribution in [-0.2, 0) is 19.1 Å². The first-order valence-corrected chi connectivity index (χ1v) is 10.8. The van der Waals surface area contributed by atoms with E-state index >= 15 is 0 Å². The maximum atomic E-state index is 13.2. The monoisotopic (exact) mass is 426 g/mol. The van der Waals surface area contributed by atoms with Gasteiger partial charge in [-0.15, -0.1) is 0 Å². The number of allylic oxidation sites excluding steroid dienone is 1. The van der Waals surface area contributed by atoms with Gasteiger partial charge in [-0.05, 0) is 45.4 Å². The van der Waals surface area contributed by atoms with E-state index in [0.717, 1.165) is 30.2 Å². The summed E-state index contributed by atoms with van der Waals surface area (Å²) in [5.74, 6) is -0.634. The third kappa shape index (κ3) is 3.04. The molecular formula is C21H31BrO4. The van der Waals surface area contributed by atoms with Crippen LogP contribution in [0.15, 0.2) is 10.6 Å². The molecule has 1 saturated carbocycles. The Kier molecular flexibility index (Phi) is 5.58. The van der Waals surface area contributed by atoms with Gasteiger partial charge < -0.3 is 9.47 Å². The van der Waals surface area contributed by atoms with Crippen LogP contribution in [0.1, 0.15) is 85.0 Å². The van der Waals surface area contributed by atoms with E-state index in [-0.39, 0.29) is 18.0 Å². The van der Waals surface area contributed by atoms with Crippen molar-refractivity contribution in [1.82, 2.24) is 0 Å². The van der Waals surface area contributed by atoms with Crippen molar-refractivity contribution in [2.45, 2.75) is 96.7 Å². The number of fused-ring (bicyclic) bond motifs is 2. The summed E-state index contributed by atoms with van der Waals surface area (Å²) < 4.78 is 12.6. The van der Waals surface area contributed by atoms with E-state index in [9.17, 15) is 9.59 Å². The van der Waals surface area contributed by atoms with Gasteiger partial charge in [0.2, 0.25) is 5.60 Å². The summed E-state index contributed by atoms with van der Waals surface area (Å²) in [6.07, 6.45) is 12.0. The summed E-state index contributed by atoms with van der Waals surface area (Å²) in [6.45, 7) is 5.85. The molecule has 3 rings (SSSR count). The highest BCUT2D eigenvalue weighted by Crippen LogP contribution is 2.65. The van der Waals surface area contributed by atoms with E-state index in [1.807, 2.05) is 20.8 Å². The number of ether oxygens (including phenoxy) is 2. The van der Waals surface area contributed by atoms with Gasteiger partial charge in [0.1, 0.15) is 6.10 Å². The van der Waals surface area contributed by atoms with Crippen molar-refractivity contribution in [3.8, 4) is 0 Å². The van der Waals surface area contributed by atoms with Crippen LogP contribution in [0, 0.1) is 10.8 Å². The molecule has 0 radical (unpaired) electrons. The molecule has 0 N–H and O–H groups in total. The van der Waals surface area contributed by atoms with Crippen molar-refractivity contribution in [3.05, 3.63) is 10.6 Å². The summed E-state index contributed by atoms with van der Waals surface area (Å²) >= 11 is 3.64. The third-order valence-corrected chi connectivity index (χ3v) is 8.06. The second kappa shape index (κ2) is 7.29. The molecule has 2 bridgehead atoms. The molecule has 146 valence electrons. The Bertz CT molecular complexity index is 611. The van der Waals surface area contributed by atoms with Gasteiger partial charge in [0.25, 0.3) is 0 Å². The molecule has 5 heteroatoms. The fraction of sp³-hybridized carbons (Fsp3) is 0.810. The molecule has 1 unspecified atom stereocenters. The average molecular weight is 427 g/mol. The highest BCUT2D eigenvalue weighted by Gasteiger charge is 2.76. The number of hydrogen-bond donors (Lipinski definition) is 0. The van der Waals surface area contributed by atoms with E-state index in [4.69, 9.17) is 9.47 Å². The lowest BCUT2D eigenvalue weighted by Gasteiger charge is -2.35. The first-order chi connectivity index (χ1) is 12.2. The lowest BCUT2D eigenvalue weighted by Crippen LogP contribution is -2.49. The third-order valence-electron chi connectivity index (χ3n) is 7.23. The van der Waals surface area contributed by atoms with E-state index in [2.05, 4.69) is 22.0 Å². The zero-order chi connectivity index (χ0) is 19.0. The molecule has 0 spiro atoms. The second-order valence-corrected chi connectivity index (χ2v) is 9.77. The second-order valence-electron chi connectivity index (χ2n) is 8.86. The maximum absolute atomic E-state index is 13.2. The normalized spacial score (nSPS) is 37.5. The van der Waals surface area contributed by atoms with Crippen LogP contribution in [0.5, 0.6) is 0 Å². The molecule has 3 aliphatic rings. The fourth-order valence-corrected chi connectivity index (χ4v) is 5.28. The first-order valence-electron chi connectivity index (χ1n) is 10.0. The Morgan fingerprint density at radius 2 is 1.77 bits per heavy atom. The van der Waals surface area contributed by atoms with Gasteiger partial charge in [-0.25, -0.2) is 4.79 Å². The average Bonchev–Trinajstić information content (AvgIpc) is 2.86. The van der Waals surface area contributed by atoms with Crippen LogP contribution in [0.4, 0.5) is 0 Å². The predicted octanol–water partition coefficient (Wildman–Crippen LogP) is 5.43. The van der Waals surface area contributed by atoms with Crippen LogP contribution in [0.25, 0.3) is 0 Å². The summed E-state index contributed by atoms with van der Waals surface area (Å²) in [6, 6.07) is 0. The predicted molar refractivity (Wildman–Crippen MR) is 104 cm³/mol. The van der Waals surface area contributed by atoms with Gasteiger partial charge in [-0.1, -0.05) is 61.5 Å².